The van der Waals surface area contributed by atoms with E-state index in [9.17, 15) is 19.5 Å². The van der Waals surface area contributed by atoms with Crippen LogP contribution in [0, 0.1) is 17.8 Å². The van der Waals surface area contributed by atoms with Crippen LogP contribution in [0.4, 0.5) is 5.00 Å². The fourth-order valence-corrected chi connectivity index (χ4v) is 6.24. The molecule has 0 spiro atoms. The van der Waals surface area contributed by atoms with Gasteiger partial charge in [0, 0.05) is 4.88 Å². The number of hydrogen-bond donors (Lipinski definition) is 3. The van der Waals surface area contributed by atoms with Gasteiger partial charge in [-0.15, -0.1) is 11.3 Å². The van der Waals surface area contributed by atoms with Crippen molar-refractivity contribution >= 4 is 34.1 Å². The topological polar surface area (TPSA) is 119 Å². The molecule has 1 aliphatic carbocycles. The average Bonchev–Trinajstić information content (AvgIpc) is 3.32. The van der Waals surface area contributed by atoms with Crippen molar-refractivity contribution in [2.45, 2.75) is 57.7 Å². The van der Waals surface area contributed by atoms with E-state index in [1.165, 1.54) is 11.3 Å². The van der Waals surface area contributed by atoms with E-state index in [4.69, 9.17) is 10.5 Å². The van der Waals surface area contributed by atoms with Crippen LogP contribution in [0.3, 0.4) is 0 Å². The smallest absolute Gasteiger partial charge is 0.310 e. The molecule has 2 bridgehead atoms. The monoisotopic (exact) mass is 392 g/mol. The van der Waals surface area contributed by atoms with Crippen molar-refractivity contribution in [3.05, 3.63) is 16.0 Å². The lowest BCUT2D eigenvalue weighted by Crippen LogP contribution is -2.41. The first-order chi connectivity index (χ1) is 12.9. The molecule has 4 rings (SSSR count). The van der Waals surface area contributed by atoms with Crippen LogP contribution in [0.15, 0.2) is 0 Å². The molecule has 3 heterocycles. The van der Waals surface area contributed by atoms with Gasteiger partial charge >= 0.3 is 5.97 Å². The molecule has 5 atom stereocenters. The van der Waals surface area contributed by atoms with E-state index in [-0.39, 0.29) is 12.0 Å². The largest absolute Gasteiger partial charge is 0.481 e. The minimum atomic E-state index is -1.01. The van der Waals surface area contributed by atoms with E-state index in [1.54, 1.807) is 0 Å². The van der Waals surface area contributed by atoms with Gasteiger partial charge in [0.1, 0.15) is 5.00 Å². The summed E-state index contributed by atoms with van der Waals surface area (Å²) in [5, 5.41) is 12.8. The second kappa shape index (κ2) is 6.91. The van der Waals surface area contributed by atoms with E-state index in [2.05, 4.69) is 12.2 Å². The number of carboxylic acid groups (broad SMARTS) is 1. The summed E-state index contributed by atoms with van der Waals surface area (Å²) in [6, 6.07) is 0. The SMILES string of the molecule is CC[C@@H]1CCc2c(sc(NC(=O)[C@@H]3[C@@H](C(=O)O)[C@H]4CC[C@@H]3O4)c2C(N)=O)C1. The van der Waals surface area contributed by atoms with Crippen molar-refractivity contribution in [2.75, 3.05) is 5.32 Å². The highest BCUT2D eigenvalue weighted by molar-refractivity contribution is 7.17. The standard InChI is InChI=1S/C19H24N2O5S/c1-2-8-3-4-9-12(7-8)27-18(13(9)16(20)22)21-17(23)14-10-5-6-11(26-10)15(14)19(24)25/h8,10-11,14-15H,2-7H2,1H3,(H2,20,22)(H,21,23)(H,24,25)/t8-,10+,11-,14+,15+/m1/s1. The Morgan fingerprint density at radius 2 is 1.93 bits per heavy atom. The van der Waals surface area contributed by atoms with Crippen molar-refractivity contribution in [3.63, 3.8) is 0 Å². The number of primary amides is 1. The lowest BCUT2D eigenvalue weighted by molar-refractivity contribution is -0.147. The van der Waals surface area contributed by atoms with Crippen LogP contribution in [0.25, 0.3) is 0 Å². The van der Waals surface area contributed by atoms with Gasteiger partial charge in [0.2, 0.25) is 5.91 Å². The van der Waals surface area contributed by atoms with Crippen LogP contribution in [0.1, 0.15) is 53.4 Å². The summed E-state index contributed by atoms with van der Waals surface area (Å²) in [6.45, 7) is 2.15. The third-order valence-electron chi connectivity index (χ3n) is 6.29. The Kier molecular flexibility index (Phi) is 4.71. The first kappa shape index (κ1) is 18.4. The summed E-state index contributed by atoms with van der Waals surface area (Å²) in [7, 11) is 0. The van der Waals surface area contributed by atoms with Crippen LogP contribution in [0.2, 0.25) is 0 Å². The van der Waals surface area contributed by atoms with E-state index >= 15 is 0 Å². The van der Waals surface area contributed by atoms with Crippen molar-refractivity contribution in [1.29, 1.82) is 0 Å². The number of anilines is 1. The van der Waals surface area contributed by atoms with Crippen molar-refractivity contribution < 1.29 is 24.2 Å². The molecule has 4 N–H and O–H groups in total. The number of carboxylic acids is 1. The highest BCUT2D eigenvalue weighted by atomic mass is 32.1. The third-order valence-corrected chi connectivity index (χ3v) is 7.46. The number of amides is 2. The van der Waals surface area contributed by atoms with Gasteiger partial charge in [-0.25, -0.2) is 0 Å². The van der Waals surface area contributed by atoms with Crippen molar-refractivity contribution in [1.82, 2.24) is 0 Å². The first-order valence-electron chi connectivity index (χ1n) is 9.54. The molecule has 146 valence electrons. The third kappa shape index (κ3) is 3.04. The summed E-state index contributed by atoms with van der Waals surface area (Å²) < 4.78 is 5.68. The Labute approximate surface area is 161 Å². The fraction of sp³-hybridized carbons (Fsp3) is 0.632. The predicted octanol–water partition coefficient (Wildman–Crippen LogP) is 2.18. The van der Waals surface area contributed by atoms with Gasteiger partial charge in [0.15, 0.2) is 0 Å². The number of hydrogen-bond acceptors (Lipinski definition) is 5. The molecule has 27 heavy (non-hydrogen) atoms. The second-order valence-electron chi connectivity index (χ2n) is 7.76. The molecule has 8 heteroatoms. The highest BCUT2D eigenvalue weighted by Crippen LogP contribution is 2.45. The molecule has 1 aromatic rings. The van der Waals surface area contributed by atoms with Gasteiger partial charge < -0.3 is 20.9 Å². The van der Waals surface area contributed by atoms with Crippen LogP contribution in [-0.2, 0) is 27.2 Å². The number of carbonyl (C=O) groups is 3. The summed E-state index contributed by atoms with van der Waals surface area (Å²) in [6.07, 6.45) is 4.35. The molecule has 3 aliphatic rings. The van der Waals surface area contributed by atoms with Crippen molar-refractivity contribution in [2.24, 2.45) is 23.5 Å². The summed E-state index contributed by atoms with van der Waals surface area (Å²) >= 11 is 1.41. The van der Waals surface area contributed by atoms with Gasteiger partial charge in [0.25, 0.3) is 5.91 Å². The summed E-state index contributed by atoms with van der Waals surface area (Å²) in [5.41, 5.74) is 6.96. The molecular formula is C19H24N2O5S. The van der Waals surface area contributed by atoms with Gasteiger partial charge in [-0.2, -0.15) is 0 Å². The molecule has 2 fully saturated rings. The van der Waals surface area contributed by atoms with E-state index in [0.29, 0.717) is 29.3 Å². The lowest BCUT2D eigenvalue weighted by Gasteiger charge is -2.23. The van der Waals surface area contributed by atoms with E-state index in [1.807, 2.05) is 0 Å². The number of aliphatic carboxylic acids is 1. The van der Waals surface area contributed by atoms with Gasteiger partial charge in [-0.1, -0.05) is 13.3 Å². The molecule has 0 unspecified atom stereocenters. The van der Waals surface area contributed by atoms with E-state index in [0.717, 1.165) is 36.1 Å². The Balaban J connectivity index is 1.61. The van der Waals surface area contributed by atoms with Crippen LogP contribution < -0.4 is 11.1 Å². The Bertz CT molecular complexity index is 804. The molecule has 0 radical (unpaired) electrons. The number of ether oxygens (including phenoxy) is 1. The maximum Gasteiger partial charge on any atom is 0.310 e. The number of nitrogens with two attached hydrogens (primary N) is 1. The Morgan fingerprint density at radius 3 is 2.56 bits per heavy atom. The normalized spacial score (nSPS) is 31.5. The maximum absolute atomic E-state index is 12.9. The zero-order valence-corrected chi connectivity index (χ0v) is 16.0. The van der Waals surface area contributed by atoms with Crippen LogP contribution in [-0.4, -0.2) is 35.1 Å². The minimum absolute atomic E-state index is 0.368. The fourth-order valence-electron chi connectivity index (χ4n) is 4.87. The summed E-state index contributed by atoms with van der Waals surface area (Å²) in [4.78, 5) is 37.7. The van der Waals surface area contributed by atoms with Crippen molar-refractivity contribution in [3.8, 4) is 0 Å². The maximum atomic E-state index is 12.9. The summed E-state index contributed by atoms with van der Waals surface area (Å²) in [5.74, 6) is -2.92. The predicted molar refractivity (Wildman–Crippen MR) is 99.8 cm³/mol. The second-order valence-corrected chi connectivity index (χ2v) is 8.86. The first-order valence-corrected chi connectivity index (χ1v) is 10.4. The number of fused-ring (bicyclic) bond motifs is 3. The molecule has 2 aliphatic heterocycles. The molecule has 7 nitrogen and oxygen atoms in total. The molecular weight excluding hydrogens is 368 g/mol. The number of nitrogens with one attached hydrogen (secondary N) is 1. The molecule has 0 saturated carbocycles. The Hall–Kier alpha value is -1.93. The van der Waals surface area contributed by atoms with Gasteiger partial charge in [-0.3, -0.25) is 14.4 Å². The Morgan fingerprint density at radius 1 is 1.22 bits per heavy atom. The molecule has 2 saturated heterocycles. The van der Waals surface area contributed by atoms with E-state index < -0.39 is 29.8 Å². The molecule has 1 aromatic heterocycles. The zero-order chi connectivity index (χ0) is 19.3. The number of thiophene rings is 1. The zero-order valence-electron chi connectivity index (χ0n) is 15.2. The van der Waals surface area contributed by atoms with Crippen LogP contribution in [0.5, 0.6) is 0 Å². The number of carbonyl (C=O) groups excluding carboxylic acids is 2. The minimum Gasteiger partial charge on any atom is -0.481 e. The van der Waals surface area contributed by atoms with Gasteiger partial charge in [-0.05, 0) is 43.6 Å². The number of rotatable bonds is 5. The lowest BCUT2D eigenvalue weighted by atomic mass is 9.78. The molecule has 0 aromatic carbocycles. The quantitative estimate of drug-likeness (QED) is 0.710. The average molecular weight is 392 g/mol. The van der Waals surface area contributed by atoms with Gasteiger partial charge in [0.05, 0.1) is 29.6 Å². The van der Waals surface area contributed by atoms with Crippen LogP contribution >= 0.6 is 11.3 Å². The molecule has 2 amide bonds. The highest BCUT2D eigenvalue weighted by Gasteiger charge is 2.55.